The van der Waals surface area contributed by atoms with Crippen LogP contribution in [0, 0.1) is 0 Å². The number of nitrogens with zero attached hydrogens (tertiary/aromatic N) is 1. The van der Waals surface area contributed by atoms with Crippen LogP contribution in [0.5, 0.6) is 0 Å². The lowest BCUT2D eigenvalue weighted by molar-refractivity contribution is 0.666. The predicted molar refractivity (Wildman–Crippen MR) is 230 cm³/mol. The van der Waals surface area contributed by atoms with Crippen LogP contribution in [0.3, 0.4) is 0 Å². The number of para-hydroxylation sites is 1. The Kier molecular flexibility index (Phi) is 7.56. The zero-order valence-electron chi connectivity index (χ0n) is 30.5. The SMILES string of the molecule is CC1(C)c2ccccc2-c2c(-c3ccc(N(c4ccccc4)c4ccc(-c5ccc(-c6ccccc6)cc5)cc4)c4ccccc34)cc3ccccc3c21. The Morgan fingerprint density at radius 3 is 1.59 bits per heavy atom. The smallest absolute Gasteiger partial charge is 0.0540 e. The number of anilines is 3. The van der Waals surface area contributed by atoms with E-state index in [0.717, 1.165) is 17.1 Å². The summed E-state index contributed by atoms with van der Waals surface area (Å²) in [6.07, 6.45) is 0. The largest absolute Gasteiger partial charge is 0.310 e. The Bertz CT molecular complexity index is 2810. The van der Waals surface area contributed by atoms with E-state index >= 15 is 0 Å². The van der Waals surface area contributed by atoms with Crippen molar-refractivity contribution in [2.75, 3.05) is 4.90 Å². The monoisotopic (exact) mass is 689 g/mol. The first-order chi connectivity index (χ1) is 26.6. The van der Waals surface area contributed by atoms with E-state index in [9.17, 15) is 0 Å². The lowest BCUT2D eigenvalue weighted by Crippen LogP contribution is -2.15. The molecule has 0 aromatic heterocycles. The van der Waals surface area contributed by atoms with Gasteiger partial charge in [-0.1, -0.05) is 178 Å². The molecule has 1 aliphatic carbocycles. The van der Waals surface area contributed by atoms with Crippen molar-refractivity contribution in [2.45, 2.75) is 19.3 Å². The van der Waals surface area contributed by atoms with Gasteiger partial charge in [-0.25, -0.2) is 0 Å². The van der Waals surface area contributed by atoms with Gasteiger partial charge in [0.2, 0.25) is 0 Å². The minimum atomic E-state index is -0.114. The third kappa shape index (κ3) is 5.16. The van der Waals surface area contributed by atoms with Crippen molar-refractivity contribution in [1.82, 2.24) is 0 Å². The quantitative estimate of drug-likeness (QED) is 0.168. The topological polar surface area (TPSA) is 3.24 Å². The third-order valence-electron chi connectivity index (χ3n) is 11.4. The summed E-state index contributed by atoms with van der Waals surface area (Å²) in [5.41, 5.74) is 16.2. The molecule has 0 heterocycles. The highest BCUT2D eigenvalue weighted by Gasteiger charge is 2.38. The predicted octanol–water partition coefficient (Wildman–Crippen LogP) is 14.8. The molecule has 0 amide bonds. The van der Waals surface area contributed by atoms with Crippen molar-refractivity contribution in [1.29, 1.82) is 0 Å². The van der Waals surface area contributed by atoms with Crippen molar-refractivity contribution >= 4 is 38.6 Å². The number of rotatable bonds is 6. The minimum Gasteiger partial charge on any atom is -0.310 e. The van der Waals surface area contributed by atoms with Crippen LogP contribution in [0.15, 0.2) is 200 Å². The molecule has 9 aromatic rings. The molecule has 0 atom stereocenters. The van der Waals surface area contributed by atoms with Gasteiger partial charge in [0.05, 0.1) is 5.69 Å². The molecule has 0 fully saturated rings. The molecule has 1 heteroatoms. The van der Waals surface area contributed by atoms with E-state index in [1.165, 1.54) is 77.2 Å². The molecule has 0 aliphatic heterocycles. The molecule has 0 radical (unpaired) electrons. The second kappa shape index (κ2) is 12.8. The van der Waals surface area contributed by atoms with Crippen LogP contribution in [0.25, 0.3) is 66.1 Å². The first-order valence-electron chi connectivity index (χ1n) is 18.9. The zero-order chi connectivity index (χ0) is 36.2. The average molecular weight is 690 g/mol. The van der Waals surface area contributed by atoms with E-state index in [-0.39, 0.29) is 5.41 Å². The third-order valence-corrected chi connectivity index (χ3v) is 11.4. The van der Waals surface area contributed by atoms with Crippen LogP contribution in [-0.2, 0) is 5.41 Å². The molecule has 9 aromatic carbocycles. The fraction of sp³-hybridized carbons (Fsp3) is 0.0566. The molecule has 256 valence electrons. The van der Waals surface area contributed by atoms with Gasteiger partial charge in [-0.15, -0.1) is 0 Å². The van der Waals surface area contributed by atoms with Gasteiger partial charge in [0.25, 0.3) is 0 Å². The summed E-state index contributed by atoms with van der Waals surface area (Å²) >= 11 is 0. The summed E-state index contributed by atoms with van der Waals surface area (Å²) in [4.78, 5) is 2.40. The van der Waals surface area contributed by atoms with Crippen LogP contribution in [0.2, 0.25) is 0 Å². The van der Waals surface area contributed by atoms with Crippen molar-refractivity contribution in [3.05, 3.63) is 211 Å². The van der Waals surface area contributed by atoms with Crippen LogP contribution in [-0.4, -0.2) is 0 Å². The summed E-state index contributed by atoms with van der Waals surface area (Å²) in [7, 11) is 0. The van der Waals surface area contributed by atoms with Crippen molar-refractivity contribution in [3.8, 4) is 44.5 Å². The lowest BCUT2D eigenvalue weighted by Gasteiger charge is -2.28. The number of hydrogen-bond donors (Lipinski definition) is 0. The molecule has 10 rings (SSSR count). The molecular formula is C53H39N. The highest BCUT2D eigenvalue weighted by Crippen LogP contribution is 2.55. The van der Waals surface area contributed by atoms with Gasteiger partial charge in [-0.2, -0.15) is 0 Å². The second-order valence-electron chi connectivity index (χ2n) is 14.9. The van der Waals surface area contributed by atoms with Crippen molar-refractivity contribution in [2.24, 2.45) is 0 Å². The summed E-state index contributed by atoms with van der Waals surface area (Å²) in [5.74, 6) is 0. The number of benzene rings is 9. The Morgan fingerprint density at radius 1 is 0.370 bits per heavy atom. The number of hydrogen-bond acceptors (Lipinski definition) is 1. The summed E-state index contributed by atoms with van der Waals surface area (Å²) < 4.78 is 0. The van der Waals surface area contributed by atoms with Crippen LogP contribution < -0.4 is 4.90 Å². The molecule has 54 heavy (non-hydrogen) atoms. The van der Waals surface area contributed by atoms with Crippen LogP contribution in [0.4, 0.5) is 17.1 Å². The molecule has 0 saturated heterocycles. The zero-order valence-corrected chi connectivity index (χ0v) is 30.5. The standard InChI is InChI=1S/C53H39N/c1-53(2)49-24-14-13-23-47(49)51-48(35-40-17-9-10-20-43(40)52(51)53)45-33-34-50(46-22-12-11-21-44(45)46)54(41-18-7-4-8-19-41)42-31-29-39(30-32-42)38-27-25-37(26-28-38)36-15-5-3-6-16-36/h3-35H,1-2H3. The van der Waals surface area contributed by atoms with Gasteiger partial charge < -0.3 is 4.90 Å². The van der Waals surface area contributed by atoms with Gasteiger partial charge >= 0.3 is 0 Å². The maximum atomic E-state index is 2.42. The van der Waals surface area contributed by atoms with Crippen molar-refractivity contribution < 1.29 is 0 Å². The molecule has 0 N–H and O–H groups in total. The molecule has 1 nitrogen and oxygen atoms in total. The Balaban J connectivity index is 1.12. The van der Waals surface area contributed by atoms with E-state index in [2.05, 4.69) is 219 Å². The first kappa shape index (κ1) is 32.0. The molecule has 0 saturated carbocycles. The van der Waals surface area contributed by atoms with Gasteiger partial charge in [-0.3, -0.25) is 0 Å². The molecule has 0 bridgehead atoms. The Labute approximate surface area is 317 Å². The molecule has 1 aliphatic rings. The Morgan fingerprint density at radius 2 is 0.889 bits per heavy atom. The van der Waals surface area contributed by atoms with E-state index in [1.54, 1.807) is 0 Å². The lowest BCUT2D eigenvalue weighted by atomic mass is 9.79. The summed E-state index contributed by atoms with van der Waals surface area (Å²) in [5, 5.41) is 5.07. The second-order valence-corrected chi connectivity index (χ2v) is 14.9. The van der Waals surface area contributed by atoms with Gasteiger partial charge in [-0.05, 0) is 108 Å². The highest BCUT2D eigenvalue weighted by molar-refractivity contribution is 6.12. The maximum Gasteiger partial charge on any atom is 0.0540 e. The Hall–Kier alpha value is -6.70. The molecule has 0 spiro atoms. The van der Waals surface area contributed by atoms with E-state index in [4.69, 9.17) is 0 Å². The van der Waals surface area contributed by atoms with E-state index < -0.39 is 0 Å². The number of fused-ring (bicyclic) bond motifs is 6. The summed E-state index contributed by atoms with van der Waals surface area (Å²) in [6, 6.07) is 73.1. The van der Waals surface area contributed by atoms with E-state index in [0.29, 0.717) is 0 Å². The molecular weight excluding hydrogens is 651 g/mol. The first-order valence-corrected chi connectivity index (χ1v) is 18.9. The normalized spacial score (nSPS) is 12.8. The summed E-state index contributed by atoms with van der Waals surface area (Å²) in [6.45, 7) is 4.77. The maximum absolute atomic E-state index is 2.42. The van der Waals surface area contributed by atoms with Gasteiger partial charge in [0.1, 0.15) is 0 Å². The fourth-order valence-corrected chi connectivity index (χ4v) is 8.88. The van der Waals surface area contributed by atoms with Gasteiger partial charge in [0.15, 0.2) is 0 Å². The van der Waals surface area contributed by atoms with Gasteiger partial charge in [0, 0.05) is 22.2 Å². The fourth-order valence-electron chi connectivity index (χ4n) is 8.88. The van der Waals surface area contributed by atoms with E-state index in [1.807, 2.05) is 0 Å². The highest BCUT2D eigenvalue weighted by atomic mass is 15.1. The van der Waals surface area contributed by atoms with Crippen LogP contribution in [0.1, 0.15) is 25.0 Å². The average Bonchev–Trinajstić information content (AvgIpc) is 3.48. The van der Waals surface area contributed by atoms with Crippen LogP contribution >= 0.6 is 0 Å². The minimum absolute atomic E-state index is 0.114. The van der Waals surface area contributed by atoms with Crippen molar-refractivity contribution in [3.63, 3.8) is 0 Å². The molecule has 0 unspecified atom stereocenters.